The summed E-state index contributed by atoms with van der Waals surface area (Å²) in [4.78, 5) is 2.50. The lowest BCUT2D eigenvalue weighted by Crippen LogP contribution is -2.12. The number of hydrogen-bond acceptors (Lipinski definition) is 2. The maximum atomic E-state index is 2.50. The summed E-state index contributed by atoms with van der Waals surface area (Å²) in [5.41, 5.74) is 11.7. The Morgan fingerprint density at radius 1 is 0.382 bits per heavy atom. The van der Waals surface area contributed by atoms with Gasteiger partial charge in [-0.3, -0.25) is 0 Å². The molecule has 0 aliphatic carbocycles. The Kier molecular flexibility index (Phi) is 7.39. The Labute approximate surface area is 323 Å². The molecule has 2 nitrogen and oxygen atoms in total. The van der Waals surface area contributed by atoms with Gasteiger partial charge in [0.2, 0.25) is 0 Å². The molecule has 0 spiro atoms. The highest BCUT2D eigenvalue weighted by molar-refractivity contribution is 7.26. The van der Waals surface area contributed by atoms with Crippen molar-refractivity contribution in [2.75, 3.05) is 4.90 Å². The van der Waals surface area contributed by atoms with E-state index in [1.807, 2.05) is 11.3 Å². The molecule has 11 aromatic rings. The summed E-state index contributed by atoms with van der Waals surface area (Å²) in [6.07, 6.45) is 0. The average molecular weight is 719 g/mol. The van der Waals surface area contributed by atoms with Crippen LogP contribution in [0.4, 0.5) is 17.1 Å². The molecular weight excluding hydrogens is 685 g/mol. The van der Waals surface area contributed by atoms with Gasteiger partial charge in [-0.05, 0) is 88.1 Å². The van der Waals surface area contributed by atoms with Gasteiger partial charge in [0.25, 0.3) is 0 Å². The molecule has 0 bridgehead atoms. The molecule has 0 aliphatic rings. The third kappa shape index (κ3) is 5.24. The second-order valence-electron chi connectivity index (χ2n) is 14.1. The Bertz CT molecular complexity index is 3210. The second-order valence-corrected chi connectivity index (χ2v) is 15.2. The zero-order valence-corrected chi connectivity index (χ0v) is 30.7. The van der Waals surface area contributed by atoms with Gasteiger partial charge in [0.1, 0.15) is 0 Å². The SMILES string of the molecule is c1ccc(-c2cc(-c3ccc4ccccc4c3)ccc2N(c2ccc3c4ccccc4n(-c4ccccc4)c3c2)c2cccc3c2sc2ccccc23)cc1. The van der Waals surface area contributed by atoms with Crippen LogP contribution in [0.3, 0.4) is 0 Å². The number of aromatic nitrogens is 1. The first-order chi connectivity index (χ1) is 27.3. The molecule has 0 unspecified atom stereocenters. The Balaban J connectivity index is 1.21. The van der Waals surface area contributed by atoms with Crippen molar-refractivity contribution in [3.8, 4) is 27.9 Å². The van der Waals surface area contributed by atoms with E-state index < -0.39 is 0 Å². The molecular formula is C52H34N2S. The van der Waals surface area contributed by atoms with Crippen molar-refractivity contribution in [2.45, 2.75) is 0 Å². The van der Waals surface area contributed by atoms with Gasteiger partial charge >= 0.3 is 0 Å². The van der Waals surface area contributed by atoms with E-state index >= 15 is 0 Å². The minimum Gasteiger partial charge on any atom is -0.309 e. The first kappa shape index (κ1) is 31.6. The fraction of sp³-hybridized carbons (Fsp3) is 0. The predicted octanol–water partition coefficient (Wildman–Crippen LogP) is 15.1. The summed E-state index contributed by atoms with van der Waals surface area (Å²) in [6.45, 7) is 0. The van der Waals surface area contributed by atoms with Crippen LogP contribution in [0.15, 0.2) is 206 Å². The van der Waals surface area contributed by atoms with Crippen molar-refractivity contribution < 1.29 is 0 Å². The minimum absolute atomic E-state index is 1.10. The highest BCUT2D eigenvalue weighted by Crippen LogP contribution is 2.49. The third-order valence-electron chi connectivity index (χ3n) is 11.0. The van der Waals surface area contributed by atoms with E-state index in [1.54, 1.807) is 0 Å². The van der Waals surface area contributed by atoms with Crippen LogP contribution >= 0.6 is 11.3 Å². The van der Waals surface area contributed by atoms with Gasteiger partial charge < -0.3 is 9.47 Å². The van der Waals surface area contributed by atoms with Crippen molar-refractivity contribution in [1.82, 2.24) is 4.57 Å². The molecule has 55 heavy (non-hydrogen) atoms. The topological polar surface area (TPSA) is 8.17 Å². The van der Waals surface area contributed by atoms with Crippen molar-refractivity contribution in [3.63, 3.8) is 0 Å². The van der Waals surface area contributed by atoms with Crippen LogP contribution in [-0.4, -0.2) is 4.57 Å². The number of rotatable bonds is 6. The van der Waals surface area contributed by atoms with Crippen molar-refractivity contribution >= 4 is 81.1 Å². The highest BCUT2D eigenvalue weighted by atomic mass is 32.1. The molecule has 0 fully saturated rings. The minimum atomic E-state index is 1.10. The van der Waals surface area contributed by atoms with Crippen LogP contribution in [0, 0.1) is 0 Å². The van der Waals surface area contributed by atoms with Crippen LogP contribution in [0.1, 0.15) is 0 Å². The van der Waals surface area contributed by atoms with Crippen molar-refractivity contribution in [2.24, 2.45) is 0 Å². The van der Waals surface area contributed by atoms with Gasteiger partial charge in [-0.25, -0.2) is 0 Å². The second kappa shape index (κ2) is 12.9. The zero-order valence-electron chi connectivity index (χ0n) is 29.9. The van der Waals surface area contributed by atoms with Gasteiger partial charge in [0.15, 0.2) is 0 Å². The molecule has 0 N–H and O–H groups in total. The molecule has 11 rings (SSSR count). The summed E-state index contributed by atoms with van der Waals surface area (Å²) in [5.74, 6) is 0. The van der Waals surface area contributed by atoms with Crippen LogP contribution in [0.5, 0.6) is 0 Å². The molecule has 2 heterocycles. The zero-order chi connectivity index (χ0) is 36.3. The van der Waals surface area contributed by atoms with Crippen LogP contribution in [0.25, 0.3) is 80.7 Å². The third-order valence-corrected chi connectivity index (χ3v) is 12.2. The van der Waals surface area contributed by atoms with Gasteiger partial charge in [-0.2, -0.15) is 0 Å². The van der Waals surface area contributed by atoms with E-state index in [2.05, 4.69) is 216 Å². The number of para-hydroxylation sites is 2. The number of benzene rings is 9. The maximum absolute atomic E-state index is 2.50. The number of thiophene rings is 1. The first-order valence-corrected chi connectivity index (χ1v) is 19.6. The molecule has 9 aromatic carbocycles. The first-order valence-electron chi connectivity index (χ1n) is 18.8. The molecule has 0 atom stereocenters. The summed E-state index contributed by atoms with van der Waals surface area (Å²) in [5, 5.41) is 7.53. The summed E-state index contributed by atoms with van der Waals surface area (Å²) >= 11 is 1.87. The molecule has 0 saturated carbocycles. The van der Waals surface area contributed by atoms with E-state index in [1.165, 1.54) is 75.0 Å². The van der Waals surface area contributed by atoms with Crippen LogP contribution in [-0.2, 0) is 0 Å². The number of nitrogens with zero attached hydrogens (tertiary/aromatic N) is 2. The number of hydrogen-bond donors (Lipinski definition) is 0. The average Bonchev–Trinajstić information content (AvgIpc) is 3.80. The van der Waals surface area contributed by atoms with Gasteiger partial charge in [-0.15, -0.1) is 11.3 Å². The standard InChI is InChI=1S/C52H34N2S/c1-3-15-36(16-4-1)46-33-39(38-27-26-35-14-7-8-17-37(35)32-38)28-31-48(46)54(49-24-13-22-45-44-21-10-12-25-51(44)55-52(45)49)41-29-30-43-42-20-9-11-23-47(42)53(50(43)34-41)40-18-5-2-6-19-40/h1-34H. The molecule has 2 aromatic heterocycles. The molecule has 3 heteroatoms. The Morgan fingerprint density at radius 2 is 1.05 bits per heavy atom. The highest BCUT2D eigenvalue weighted by Gasteiger charge is 2.23. The summed E-state index contributed by atoms with van der Waals surface area (Å²) in [7, 11) is 0. The molecule has 258 valence electrons. The lowest BCUT2D eigenvalue weighted by molar-refractivity contribution is 1.18. The number of fused-ring (bicyclic) bond motifs is 7. The van der Waals surface area contributed by atoms with E-state index in [-0.39, 0.29) is 0 Å². The molecule has 0 aliphatic heterocycles. The van der Waals surface area contributed by atoms with E-state index in [0.717, 1.165) is 22.7 Å². The molecule has 0 radical (unpaired) electrons. The normalized spacial score (nSPS) is 11.6. The lowest BCUT2D eigenvalue weighted by Gasteiger charge is -2.29. The largest absolute Gasteiger partial charge is 0.309 e. The van der Waals surface area contributed by atoms with E-state index in [9.17, 15) is 0 Å². The monoisotopic (exact) mass is 718 g/mol. The Morgan fingerprint density at radius 3 is 1.93 bits per heavy atom. The summed E-state index contributed by atoms with van der Waals surface area (Å²) < 4.78 is 4.97. The lowest BCUT2D eigenvalue weighted by atomic mass is 9.95. The predicted molar refractivity (Wildman–Crippen MR) is 237 cm³/mol. The summed E-state index contributed by atoms with van der Waals surface area (Å²) in [6, 6.07) is 75.3. The number of anilines is 3. The van der Waals surface area contributed by atoms with E-state index in [4.69, 9.17) is 0 Å². The smallest absolute Gasteiger partial charge is 0.0640 e. The quantitative estimate of drug-likeness (QED) is 0.166. The van der Waals surface area contributed by atoms with Crippen molar-refractivity contribution in [1.29, 1.82) is 0 Å². The van der Waals surface area contributed by atoms with Gasteiger partial charge in [0.05, 0.1) is 27.1 Å². The fourth-order valence-electron chi connectivity index (χ4n) is 8.40. The van der Waals surface area contributed by atoms with Gasteiger partial charge in [-0.1, -0.05) is 146 Å². The van der Waals surface area contributed by atoms with Gasteiger partial charge in [0, 0.05) is 43.2 Å². The fourth-order valence-corrected chi connectivity index (χ4v) is 9.60. The van der Waals surface area contributed by atoms with Crippen LogP contribution < -0.4 is 4.90 Å². The maximum Gasteiger partial charge on any atom is 0.0640 e. The van der Waals surface area contributed by atoms with E-state index in [0.29, 0.717) is 0 Å². The molecule has 0 saturated heterocycles. The molecule has 0 amide bonds. The van der Waals surface area contributed by atoms with Crippen LogP contribution in [0.2, 0.25) is 0 Å². The van der Waals surface area contributed by atoms with Crippen molar-refractivity contribution in [3.05, 3.63) is 206 Å². The Hall–Kier alpha value is -6.94.